The average molecular weight is 271 g/mol. The number of hydrogen-bond acceptors (Lipinski definition) is 1. The number of rotatable bonds is 5. The van der Waals surface area contributed by atoms with Crippen LogP contribution >= 0.6 is 0 Å². The number of hydrogen-bond donors (Lipinski definition) is 0. The molecule has 2 heteroatoms. The molecule has 0 aromatic heterocycles. The Morgan fingerprint density at radius 2 is 1.95 bits per heavy atom. The van der Waals surface area contributed by atoms with Crippen molar-refractivity contribution in [3.05, 3.63) is 47.8 Å². The Balaban J connectivity index is 1.85. The molecular weight excluding hydrogens is 249 g/mol. The number of aryl methyl sites for hydroxylation is 1. The first kappa shape index (κ1) is 14.8. The first-order valence-corrected chi connectivity index (χ1v) is 7.53. The van der Waals surface area contributed by atoms with Crippen molar-refractivity contribution in [1.29, 1.82) is 5.26 Å². The van der Waals surface area contributed by atoms with Crippen LogP contribution in [0.4, 0.5) is 4.39 Å². The summed E-state index contributed by atoms with van der Waals surface area (Å²) in [4.78, 5) is 0. The Labute approximate surface area is 121 Å². The minimum Gasteiger partial charge on any atom is -0.205 e. The number of allylic oxidation sites excluding steroid dienone is 1. The average Bonchev–Trinajstić information content (AvgIpc) is 2.48. The van der Waals surface area contributed by atoms with E-state index in [2.05, 4.69) is 6.58 Å². The molecule has 20 heavy (non-hydrogen) atoms. The molecule has 1 aromatic rings. The van der Waals surface area contributed by atoms with Crippen LogP contribution in [0.15, 0.2) is 30.9 Å². The third-order valence-corrected chi connectivity index (χ3v) is 4.49. The summed E-state index contributed by atoms with van der Waals surface area (Å²) < 4.78 is 14.0. The monoisotopic (exact) mass is 271 g/mol. The molecule has 0 spiro atoms. The van der Waals surface area contributed by atoms with Gasteiger partial charge in [0.25, 0.3) is 0 Å². The van der Waals surface area contributed by atoms with Crippen molar-refractivity contribution in [3.8, 4) is 6.07 Å². The van der Waals surface area contributed by atoms with E-state index in [4.69, 9.17) is 5.26 Å². The second kappa shape index (κ2) is 7.24. The van der Waals surface area contributed by atoms with Crippen LogP contribution in [-0.4, -0.2) is 0 Å². The molecule has 0 heterocycles. The summed E-state index contributed by atoms with van der Waals surface area (Å²) in [6.45, 7) is 3.81. The van der Waals surface area contributed by atoms with E-state index in [0.29, 0.717) is 11.5 Å². The van der Waals surface area contributed by atoms with Gasteiger partial charge in [0.1, 0.15) is 11.9 Å². The van der Waals surface area contributed by atoms with Gasteiger partial charge in [-0.25, -0.2) is 4.39 Å². The molecule has 0 amide bonds. The maximum absolute atomic E-state index is 14.0. The van der Waals surface area contributed by atoms with Gasteiger partial charge in [0.2, 0.25) is 0 Å². The standard InChI is InChI=1S/C18H22FN/c1-2-4-14-7-9-15(10-8-14)11-12-16-5-3-6-17(13-20)18(16)19/h2-3,5-6,14-15H,1,4,7-12H2. The fraction of sp³-hybridized carbons (Fsp3) is 0.500. The Kier molecular flexibility index (Phi) is 5.35. The predicted molar refractivity (Wildman–Crippen MR) is 79.7 cm³/mol. The highest BCUT2D eigenvalue weighted by Gasteiger charge is 2.20. The van der Waals surface area contributed by atoms with Crippen LogP contribution in [-0.2, 0) is 6.42 Å². The molecule has 1 nitrogen and oxygen atoms in total. The molecule has 0 radical (unpaired) electrons. The van der Waals surface area contributed by atoms with E-state index >= 15 is 0 Å². The Morgan fingerprint density at radius 3 is 2.60 bits per heavy atom. The van der Waals surface area contributed by atoms with E-state index in [1.54, 1.807) is 18.2 Å². The summed E-state index contributed by atoms with van der Waals surface area (Å²) in [5.41, 5.74) is 0.856. The SMILES string of the molecule is C=CCC1CCC(CCc2cccc(C#N)c2F)CC1. The van der Waals surface area contributed by atoms with Gasteiger partial charge >= 0.3 is 0 Å². The van der Waals surface area contributed by atoms with Crippen molar-refractivity contribution in [2.24, 2.45) is 11.8 Å². The van der Waals surface area contributed by atoms with Crippen molar-refractivity contribution in [1.82, 2.24) is 0 Å². The van der Waals surface area contributed by atoms with Gasteiger partial charge in [-0.05, 0) is 55.6 Å². The molecule has 0 saturated heterocycles. The topological polar surface area (TPSA) is 23.8 Å². The van der Waals surface area contributed by atoms with E-state index in [1.807, 2.05) is 12.1 Å². The van der Waals surface area contributed by atoms with E-state index in [0.717, 1.165) is 25.2 Å². The molecule has 0 atom stereocenters. The molecule has 0 N–H and O–H groups in total. The summed E-state index contributed by atoms with van der Waals surface area (Å²) in [5.74, 6) is 1.19. The van der Waals surface area contributed by atoms with E-state index in [9.17, 15) is 4.39 Å². The quantitative estimate of drug-likeness (QED) is 0.690. The van der Waals surface area contributed by atoms with E-state index < -0.39 is 0 Å². The smallest absolute Gasteiger partial charge is 0.144 e. The maximum Gasteiger partial charge on any atom is 0.144 e. The molecule has 0 bridgehead atoms. The van der Waals surface area contributed by atoms with Crippen molar-refractivity contribution >= 4 is 0 Å². The van der Waals surface area contributed by atoms with Crippen molar-refractivity contribution in [3.63, 3.8) is 0 Å². The lowest BCUT2D eigenvalue weighted by atomic mass is 9.78. The first-order chi connectivity index (χ1) is 9.74. The fourth-order valence-corrected chi connectivity index (χ4v) is 3.21. The molecule has 1 aromatic carbocycles. The zero-order chi connectivity index (χ0) is 14.4. The van der Waals surface area contributed by atoms with Crippen LogP contribution in [0.3, 0.4) is 0 Å². The van der Waals surface area contributed by atoms with Crippen LogP contribution in [0.5, 0.6) is 0 Å². The van der Waals surface area contributed by atoms with Gasteiger partial charge < -0.3 is 0 Å². The van der Waals surface area contributed by atoms with E-state index in [-0.39, 0.29) is 11.4 Å². The molecule has 0 unspecified atom stereocenters. The summed E-state index contributed by atoms with van der Waals surface area (Å²) >= 11 is 0. The van der Waals surface area contributed by atoms with Crippen LogP contribution < -0.4 is 0 Å². The molecule has 106 valence electrons. The van der Waals surface area contributed by atoms with Crippen LogP contribution in [0, 0.1) is 29.0 Å². The highest BCUT2D eigenvalue weighted by Crippen LogP contribution is 2.33. The third kappa shape index (κ3) is 3.70. The second-order valence-electron chi connectivity index (χ2n) is 5.84. The van der Waals surface area contributed by atoms with Gasteiger partial charge in [-0.3, -0.25) is 0 Å². The zero-order valence-electron chi connectivity index (χ0n) is 11.9. The van der Waals surface area contributed by atoms with Gasteiger partial charge in [-0.2, -0.15) is 5.26 Å². The molecule has 0 aliphatic heterocycles. The lowest BCUT2D eigenvalue weighted by molar-refractivity contribution is 0.264. The molecule has 1 aliphatic carbocycles. The van der Waals surface area contributed by atoms with Crippen molar-refractivity contribution in [2.45, 2.75) is 44.9 Å². The molecule has 1 aliphatic rings. The lowest BCUT2D eigenvalue weighted by Crippen LogP contribution is -2.15. The Hall–Kier alpha value is -1.62. The molecule has 1 fully saturated rings. The minimum atomic E-state index is -0.324. The van der Waals surface area contributed by atoms with Gasteiger partial charge in [0.15, 0.2) is 0 Å². The van der Waals surface area contributed by atoms with Crippen LogP contribution in [0.1, 0.15) is 49.7 Å². The number of benzene rings is 1. The summed E-state index contributed by atoms with van der Waals surface area (Å²) in [5, 5.41) is 8.84. The maximum atomic E-state index is 14.0. The van der Waals surface area contributed by atoms with Gasteiger partial charge in [0, 0.05) is 0 Å². The Bertz CT molecular complexity index is 493. The van der Waals surface area contributed by atoms with Gasteiger partial charge in [-0.1, -0.05) is 31.1 Å². The lowest BCUT2D eigenvalue weighted by Gasteiger charge is -2.27. The highest BCUT2D eigenvalue weighted by atomic mass is 19.1. The number of halogens is 1. The van der Waals surface area contributed by atoms with E-state index in [1.165, 1.54) is 25.7 Å². The summed E-state index contributed by atoms with van der Waals surface area (Å²) in [6.07, 6.45) is 9.98. The number of nitrogens with zero attached hydrogens (tertiary/aromatic N) is 1. The summed E-state index contributed by atoms with van der Waals surface area (Å²) in [7, 11) is 0. The third-order valence-electron chi connectivity index (χ3n) is 4.49. The zero-order valence-corrected chi connectivity index (χ0v) is 11.9. The fourth-order valence-electron chi connectivity index (χ4n) is 3.21. The van der Waals surface area contributed by atoms with Crippen LogP contribution in [0.25, 0.3) is 0 Å². The van der Waals surface area contributed by atoms with Gasteiger partial charge in [0.05, 0.1) is 5.56 Å². The number of nitriles is 1. The predicted octanol–water partition coefficient (Wildman–Crippen LogP) is 5.01. The normalized spacial score (nSPS) is 22.2. The van der Waals surface area contributed by atoms with Crippen LogP contribution in [0.2, 0.25) is 0 Å². The first-order valence-electron chi connectivity index (χ1n) is 7.53. The van der Waals surface area contributed by atoms with Crippen molar-refractivity contribution in [2.75, 3.05) is 0 Å². The second-order valence-corrected chi connectivity index (χ2v) is 5.84. The van der Waals surface area contributed by atoms with Crippen molar-refractivity contribution < 1.29 is 4.39 Å². The Morgan fingerprint density at radius 1 is 1.25 bits per heavy atom. The van der Waals surface area contributed by atoms with Gasteiger partial charge in [-0.15, -0.1) is 6.58 Å². The molecular formula is C18H22FN. The largest absolute Gasteiger partial charge is 0.205 e. The highest BCUT2D eigenvalue weighted by molar-refractivity contribution is 5.34. The minimum absolute atomic E-state index is 0.164. The molecule has 1 saturated carbocycles. The molecule has 2 rings (SSSR count). The summed E-state index contributed by atoms with van der Waals surface area (Å²) in [6, 6.07) is 7.03.